The lowest BCUT2D eigenvalue weighted by molar-refractivity contribution is -0.116. The Labute approximate surface area is 229 Å². The molecule has 1 unspecified atom stereocenters. The van der Waals surface area contributed by atoms with Gasteiger partial charge in [0.2, 0.25) is 16.9 Å². The highest BCUT2D eigenvalue weighted by molar-refractivity contribution is 7.15. The lowest BCUT2D eigenvalue weighted by atomic mass is 10.0. The molecule has 0 radical (unpaired) electrons. The maximum absolute atomic E-state index is 12.3. The van der Waals surface area contributed by atoms with Crippen molar-refractivity contribution in [1.82, 2.24) is 20.4 Å². The van der Waals surface area contributed by atoms with Gasteiger partial charge in [0.25, 0.3) is 0 Å². The molecular formula is C26H26Cl2N6O2S. The molecule has 0 bridgehead atoms. The van der Waals surface area contributed by atoms with Crippen LogP contribution in [0, 0.1) is 0 Å². The molecule has 1 aliphatic rings. The summed E-state index contributed by atoms with van der Waals surface area (Å²) >= 11 is 13.5. The summed E-state index contributed by atoms with van der Waals surface area (Å²) < 4.78 is 0. The van der Waals surface area contributed by atoms with Crippen molar-refractivity contribution in [2.45, 2.75) is 50.3 Å². The van der Waals surface area contributed by atoms with Crippen LogP contribution in [0.1, 0.15) is 41.9 Å². The minimum absolute atomic E-state index is 0.127. The molecule has 1 aliphatic carbocycles. The van der Waals surface area contributed by atoms with Gasteiger partial charge in [-0.1, -0.05) is 64.9 Å². The molecule has 192 valence electrons. The number of aromatic nitrogens is 4. The predicted octanol–water partition coefficient (Wildman–Crippen LogP) is 5.46. The van der Waals surface area contributed by atoms with E-state index < -0.39 is 0 Å². The van der Waals surface area contributed by atoms with Gasteiger partial charge in [0.1, 0.15) is 5.01 Å². The fraction of sp³-hybridized carbons (Fsp3) is 0.308. The van der Waals surface area contributed by atoms with Crippen molar-refractivity contribution >= 4 is 57.3 Å². The minimum Gasteiger partial charge on any atom is -0.309 e. The van der Waals surface area contributed by atoms with Gasteiger partial charge < -0.3 is 10.6 Å². The number of hydrogen-bond acceptors (Lipinski definition) is 7. The number of rotatable bonds is 11. The summed E-state index contributed by atoms with van der Waals surface area (Å²) in [6, 6.07) is 13.2. The number of alkyl halides is 1. The zero-order valence-corrected chi connectivity index (χ0v) is 22.3. The normalized spacial score (nSPS) is 15.0. The Balaban J connectivity index is 1.14. The minimum atomic E-state index is -0.280. The maximum Gasteiger partial charge on any atom is 0.230 e. The molecular weight excluding hydrogens is 531 g/mol. The number of nitrogens with one attached hydrogen (secondary N) is 2. The number of aryl methyl sites for hydroxylation is 2. The number of allylic oxidation sites excluding steroid dienone is 3. The second-order valence-electron chi connectivity index (χ2n) is 8.60. The summed E-state index contributed by atoms with van der Waals surface area (Å²) in [4.78, 5) is 24.5. The van der Waals surface area contributed by atoms with Crippen molar-refractivity contribution in [2.75, 3.05) is 10.6 Å². The number of nitrogens with zero attached hydrogens (tertiary/aromatic N) is 4. The Morgan fingerprint density at radius 1 is 0.892 bits per heavy atom. The summed E-state index contributed by atoms with van der Waals surface area (Å²) in [7, 11) is 0. The van der Waals surface area contributed by atoms with E-state index >= 15 is 0 Å². The van der Waals surface area contributed by atoms with Crippen LogP contribution in [-0.2, 0) is 28.9 Å². The van der Waals surface area contributed by atoms with Gasteiger partial charge >= 0.3 is 0 Å². The largest absolute Gasteiger partial charge is 0.309 e. The molecule has 2 amide bonds. The molecule has 2 heterocycles. The van der Waals surface area contributed by atoms with Crippen molar-refractivity contribution in [1.29, 1.82) is 0 Å². The second-order valence-corrected chi connectivity index (χ2v) is 10.6. The SMILES string of the molecule is O=C(Cc1ccccc1)Nc1ccc(CCCCc2nnc(NC(=O)CC3=CC=C(Cl)C(Cl)C3)s2)nn1. The number of carbonyl (C=O) groups is 2. The molecule has 0 aliphatic heterocycles. The average Bonchev–Trinajstić information content (AvgIpc) is 3.32. The molecule has 8 nitrogen and oxygen atoms in total. The monoisotopic (exact) mass is 556 g/mol. The molecule has 0 spiro atoms. The lowest BCUT2D eigenvalue weighted by Crippen LogP contribution is -2.15. The van der Waals surface area contributed by atoms with Crippen LogP contribution in [0.4, 0.5) is 10.9 Å². The van der Waals surface area contributed by atoms with Crippen LogP contribution in [0.5, 0.6) is 0 Å². The Bertz CT molecular complexity index is 1280. The van der Waals surface area contributed by atoms with Crippen LogP contribution in [-0.4, -0.2) is 37.6 Å². The van der Waals surface area contributed by atoms with Gasteiger partial charge in [0, 0.05) is 17.9 Å². The Kier molecular flexibility index (Phi) is 9.76. The first-order valence-corrected chi connectivity index (χ1v) is 13.6. The van der Waals surface area contributed by atoms with Gasteiger partial charge in [-0.2, -0.15) is 5.10 Å². The van der Waals surface area contributed by atoms with Crippen molar-refractivity contribution in [3.05, 3.63) is 81.5 Å². The van der Waals surface area contributed by atoms with Gasteiger partial charge in [-0.05, 0) is 49.5 Å². The van der Waals surface area contributed by atoms with Crippen molar-refractivity contribution in [2.24, 2.45) is 0 Å². The highest BCUT2D eigenvalue weighted by Gasteiger charge is 2.18. The first kappa shape index (κ1) is 26.9. The van der Waals surface area contributed by atoms with Gasteiger partial charge in [0.05, 0.1) is 17.5 Å². The van der Waals surface area contributed by atoms with E-state index in [1.165, 1.54) is 11.3 Å². The maximum atomic E-state index is 12.3. The van der Waals surface area contributed by atoms with Crippen LogP contribution >= 0.6 is 34.5 Å². The van der Waals surface area contributed by atoms with Crippen LogP contribution < -0.4 is 10.6 Å². The third-order valence-corrected chi connectivity index (χ3v) is 7.38. The Morgan fingerprint density at radius 2 is 1.68 bits per heavy atom. The standard InChI is InChI=1S/C26H26Cl2N6O2S/c27-20-12-10-18(14-21(20)28)16-24(36)30-26-34-33-25(37-26)9-5-4-8-19-11-13-22(32-31-19)29-23(35)15-17-6-2-1-3-7-17/h1-3,6-7,10-13,21H,4-5,8-9,14-16H2,(H,29,32,35)(H,30,34,36). The number of carbonyl (C=O) groups excluding carboxylic acids is 2. The van der Waals surface area contributed by atoms with Gasteiger partial charge in [0.15, 0.2) is 5.82 Å². The summed E-state index contributed by atoms with van der Waals surface area (Å²) in [6.07, 6.45) is 8.00. The van der Waals surface area contributed by atoms with E-state index in [9.17, 15) is 9.59 Å². The summed E-state index contributed by atoms with van der Waals surface area (Å²) in [5, 5.41) is 23.8. The van der Waals surface area contributed by atoms with Gasteiger partial charge in [-0.15, -0.1) is 26.9 Å². The van der Waals surface area contributed by atoms with E-state index in [-0.39, 0.29) is 23.6 Å². The molecule has 0 saturated heterocycles. The zero-order valence-electron chi connectivity index (χ0n) is 20.0. The predicted molar refractivity (Wildman–Crippen MR) is 147 cm³/mol. The molecule has 3 aromatic rings. The van der Waals surface area contributed by atoms with Crippen LogP contribution in [0.3, 0.4) is 0 Å². The van der Waals surface area contributed by atoms with E-state index in [0.29, 0.717) is 28.8 Å². The van der Waals surface area contributed by atoms with Crippen LogP contribution in [0.25, 0.3) is 0 Å². The highest BCUT2D eigenvalue weighted by Crippen LogP contribution is 2.28. The number of halogens is 2. The first-order valence-electron chi connectivity index (χ1n) is 11.9. The number of unbranched alkanes of at least 4 members (excludes halogenated alkanes) is 1. The molecule has 2 aromatic heterocycles. The highest BCUT2D eigenvalue weighted by atomic mass is 35.5. The van der Waals surface area contributed by atoms with E-state index in [2.05, 4.69) is 31.0 Å². The molecule has 1 atom stereocenters. The van der Waals surface area contributed by atoms with E-state index in [0.717, 1.165) is 47.5 Å². The van der Waals surface area contributed by atoms with Crippen molar-refractivity contribution < 1.29 is 9.59 Å². The summed E-state index contributed by atoms with van der Waals surface area (Å²) in [5.74, 6) is 0.163. The van der Waals surface area contributed by atoms with Crippen LogP contribution in [0.2, 0.25) is 0 Å². The Hall–Kier alpha value is -3.14. The molecule has 0 fully saturated rings. The van der Waals surface area contributed by atoms with E-state index in [1.54, 1.807) is 12.1 Å². The molecule has 0 saturated carbocycles. The molecule has 1 aromatic carbocycles. The number of anilines is 2. The molecule has 2 N–H and O–H groups in total. The van der Waals surface area contributed by atoms with Crippen molar-refractivity contribution in [3.63, 3.8) is 0 Å². The fourth-order valence-electron chi connectivity index (χ4n) is 3.71. The smallest absolute Gasteiger partial charge is 0.230 e. The number of benzene rings is 1. The third-order valence-electron chi connectivity index (χ3n) is 5.59. The lowest BCUT2D eigenvalue weighted by Gasteiger charge is -2.15. The zero-order chi connectivity index (χ0) is 26.0. The molecule has 4 rings (SSSR count). The topological polar surface area (TPSA) is 110 Å². The van der Waals surface area contributed by atoms with Crippen molar-refractivity contribution in [3.8, 4) is 0 Å². The van der Waals surface area contributed by atoms with E-state index in [4.69, 9.17) is 23.2 Å². The van der Waals surface area contributed by atoms with E-state index in [1.807, 2.05) is 42.5 Å². The first-order chi connectivity index (χ1) is 17.9. The van der Waals surface area contributed by atoms with Gasteiger partial charge in [-0.3, -0.25) is 9.59 Å². The molecule has 11 heteroatoms. The van der Waals surface area contributed by atoms with Gasteiger partial charge in [-0.25, -0.2) is 0 Å². The Morgan fingerprint density at radius 3 is 2.43 bits per heavy atom. The number of amides is 2. The third kappa shape index (κ3) is 8.73. The number of hydrogen-bond donors (Lipinski definition) is 2. The second kappa shape index (κ2) is 13.4. The summed E-state index contributed by atoms with van der Waals surface area (Å²) in [5.41, 5.74) is 2.73. The molecule has 37 heavy (non-hydrogen) atoms. The van der Waals surface area contributed by atoms with Crippen LogP contribution in [0.15, 0.2) is 65.2 Å². The quantitative estimate of drug-likeness (QED) is 0.239. The average molecular weight is 558 g/mol. The fourth-order valence-corrected chi connectivity index (χ4v) is 4.92. The summed E-state index contributed by atoms with van der Waals surface area (Å²) in [6.45, 7) is 0.